The van der Waals surface area contributed by atoms with Gasteiger partial charge in [-0.3, -0.25) is 10.3 Å². The average Bonchev–Trinajstić information content (AvgIpc) is 3.22. The number of urea groups is 1. The molecule has 2 amide bonds. The number of nitrogens with zero attached hydrogens (tertiary/aromatic N) is 3. The molecule has 0 aliphatic carbocycles. The van der Waals surface area contributed by atoms with Crippen molar-refractivity contribution in [2.24, 2.45) is 0 Å². The number of pyridine rings is 1. The van der Waals surface area contributed by atoms with Crippen LogP contribution in [0.2, 0.25) is 0 Å². The number of para-hydroxylation sites is 1. The van der Waals surface area contributed by atoms with E-state index in [0.29, 0.717) is 5.13 Å². The van der Waals surface area contributed by atoms with Crippen molar-refractivity contribution in [2.75, 3.05) is 11.9 Å². The van der Waals surface area contributed by atoms with E-state index in [1.54, 1.807) is 12.4 Å². The molecular weight excluding hydrogens is 308 g/mol. The molecule has 3 aromatic rings. The fourth-order valence-corrected chi connectivity index (χ4v) is 3.89. The summed E-state index contributed by atoms with van der Waals surface area (Å²) in [6.07, 6.45) is 5.55. The highest BCUT2D eigenvalue weighted by molar-refractivity contribution is 7.22. The Morgan fingerprint density at radius 2 is 2.04 bits per heavy atom. The van der Waals surface area contributed by atoms with Crippen molar-refractivity contribution >= 4 is 32.7 Å². The standard InChI is InChI=1S/C17H16N4OS/c22-17(20-16-19-13-4-1-2-6-15(13)23-16)21-11-3-5-14(21)12-7-9-18-10-8-12/h1-2,4,6-10,14H,3,5,11H2,(H,19,20,22)/t14-/m1/s1. The Morgan fingerprint density at radius 3 is 2.87 bits per heavy atom. The maximum Gasteiger partial charge on any atom is 0.324 e. The molecule has 1 aliphatic rings. The second-order valence-corrected chi connectivity index (χ2v) is 6.58. The van der Waals surface area contributed by atoms with Crippen LogP contribution in [-0.2, 0) is 0 Å². The van der Waals surface area contributed by atoms with Gasteiger partial charge >= 0.3 is 6.03 Å². The van der Waals surface area contributed by atoms with Gasteiger partial charge in [0.1, 0.15) is 0 Å². The van der Waals surface area contributed by atoms with Crippen LogP contribution in [0.4, 0.5) is 9.93 Å². The molecule has 2 aromatic heterocycles. The zero-order valence-corrected chi connectivity index (χ0v) is 13.3. The van der Waals surface area contributed by atoms with Crippen molar-refractivity contribution in [3.05, 3.63) is 54.4 Å². The maximum absolute atomic E-state index is 12.6. The summed E-state index contributed by atoms with van der Waals surface area (Å²) in [5, 5.41) is 3.60. The van der Waals surface area contributed by atoms with E-state index in [9.17, 15) is 4.79 Å². The Balaban J connectivity index is 1.54. The number of nitrogens with one attached hydrogen (secondary N) is 1. The van der Waals surface area contributed by atoms with E-state index in [1.165, 1.54) is 11.3 Å². The van der Waals surface area contributed by atoms with Crippen LogP contribution < -0.4 is 5.32 Å². The number of hydrogen-bond acceptors (Lipinski definition) is 4. The van der Waals surface area contributed by atoms with Crippen molar-refractivity contribution in [1.29, 1.82) is 0 Å². The van der Waals surface area contributed by atoms with Crippen molar-refractivity contribution in [3.8, 4) is 0 Å². The third kappa shape index (κ3) is 2.77. The van der Waals surface area contributed by atoms with Gasteiger partial charge in [-0.25, -0.2) is 9.78 Å². The van der Waals surface area contributed by atoms with E-state index in [-0.39, 0.29) is 12.1 Å². The molecule has 0 unspecified atom stereocenters. The Morgan fingerprint density at radius 1 is 1.22 bits per heavy atom. The van der Waals surface area contributed by atoms with Crippen LogP contribution >= 0.6 is 11.3 Å². The molecule has 0 saturated carbocycles. The molecular formula is C17H16N4OS. The van der Waals surface area contributed by atoms with Crippen LogP contribution in [0.1, 0.15) is 24.4 Å². The monoisotopic (exact) mass is 324 g/mol. The van der Waals surface area contributed by atoms with Crippen molar-refractivity contribution < 1.29 is 4.79 Å². The summed E-state index contributed by atoms with van der Waals surface area (Å²) >= 11 is 1.50. The van der Waals surface area contributed by atoms with E-state index < -0.39 is 0 Å². The van der Waals surface area contributed by atoms with Crippen molar-refractivity contribution in [3.63, 3.8) is 0 Å². The molecule has 0 radical (unpaired) electrons. The molecule has 23 heavy (non-hydrogen) atoms. The number of likely N-dealkylation sites (tertiary alicyclic amines) is 1. The minimum absolute atomic E-state index is 0.0802. The third-order valence-corrected chi connectivity index (χ3v) is 5.06. The number of carbonyl (C=O) groups is 1. The summed E-state index contributed by atoms with van der Waals surface area (Å²) in [6.45, 7) is 0.768. The molecule has 1 fully saturated rings. The number of carbonyl (C=O) groups excluding carboxylic acids is 1. The molecule has 1 N–H and O–H groups in total. The number of fused-ring (bicyclic) bond motifs is 1. The highest BCUT2D eigenvalue weighted by Gasteiger charge is 2.30. The first kappa shape index (κ1) is 14.1. The highest BCUT2D eigenvalue weighted by atomic mass is 32.1. The summed E-state index contributed by atoms with van der Waals surface area (Å²) in [5.74, 6) is 0. The Kier molecular flexibility index (Phi) is 3.67. The summed E-state index contributed by atoms with van der Waals surface area (Å²) in [5.41, 5.74) is 2.05. The lowest BCUT2D eigenvalue weighted by atomic mass is 10.1. The maximum atomic E-state index is 12.6. The normalized spacial score (nSPS) is 17.6. The summed E-state index contributed by atoms with van der Waals surface area (Å²) in [6, 6.07) is 11.9. The number of thiazole rings is 1. The summed E-state index contributed by atoms with van der Waals surface area (Å²) < 4.78 is 1.08. The van der Waals surface area contributed by atoms with E-state index in [2.05, 4.69) is 15.3 Å². The Bertz CT molecular complexity index is 800. The molecule has 1 saturated heterocycles. The molecule has 0 bridgehead atoms. The fraction of sp³-hybridized carbons (Fsp3) is 0.235. The highest BCUT2D eigenvalue weighted by Crippen LogP contribution is 2.33. The second-order valence-electron chi connectivity index (χ2n) is 5.55. The lowest BCUT2D eigenvalue weighted by molar-refractivity contribution is 0.207. The predicted molar refractivity (Wildman–Crippen MR) is 91.6 cm³/mol. The van der Waals surface area contributed by atoms with Gasteiger partial charge in [-0.1, -0.05) is 23.5 Å². The van der Waals surface area contributed by atoms with Gasteiger partial charge in [0.2, 0.25) is 0 Å². The number of hydrogen-bond donors (Lipinski definition) is 1. The first-order valence-electron chi connectivity index (χ1n) is 7.64. The van der Waals surface area contributed by atoms with Crippen LogP contribution in [0, 0.1) is 0 Å². The van der Waals surface area contributed by atoms with Gasteiger partial charge < -0.3 is 4.90 Å². The molecule has 1 aromatic carbocycles. The van der Waals surface area contributed by atoms with E-state index in [1.807, 2.05) is 41.3 Å². The van der Waals surface area contributed by atoms with Crippen LogP contribution in [0.5, 0.6) is 0 Å². The largest absolute Gasteiger partial charge is 0.324 e. The van der Waals surface area contributed by atoms with Gasteiger partial charge in [-0.15, -0.1) is 0 Å². The topological polar surface area (TPSA) is 58.1 Å². The first-order valence-corrected chi connectivity index (χ1v) is 8.46. The van der Waals surface area contributed by atoms with Crippen LogP contribution in [0.25, 0.3) is 10.2 Å². The van der Waals surface area contributed by atoms with E-state index in [4.69, 9.17) is 0 Å². The van der Waals surface area contributed by atoms with Crippen molar-refractivity contribution in [1.82, 2.24) is 14.9 Å². The lowest BCUT2D eigenvalue weighted by Gasteiger charge is -2.24. The van der Waals surface area contributed by atoms with E-state index >= 15 is 0 Å². The average molecular weight is 324 g/mol. The Labute approximate surface area is 138 Å². The molecule has 6 heteroatoms. The lowest BCUT2D eigenvalue weighted by Crippen LogP contribution is -2.34. The van der Waals surface area contributed by atoms with Gasteiger partial charge in [-0.2, -0.15) is 0 Å². The molecule has 1 atom stereocenters. The number of benzene rings is 1. The minimum Gasteiger partial charge on any atom is -0.317 e. The number of rotatable bonds is 2. The predicted octanol–water partition coefficient (Wildman–Crippen LogP) is 4.06. The van der Waals surface area contributed by atoms with Crippen LogP contribution in [0.15, 0.2) is 48.8 Å². The number of amides is 2. The smallest absolute Gasteiger partial charge is 0.317 e. The SMILES string of the molecule is O=C(Nc1nc2ccccc2s1)N1CCC[C@@H]1c1ccncc1. The second kappa shape index (κ2) is 5.96. The number of aromatic nitrogens is 2. The van der Waals surface area contributed by atoms with Gasteiger partial charge in [0, 0.05) is 18.9 Å². The van der Waals surface area contributed by atoms with Crippen LogP contribution in [-0.4, -0.2) is 27.4 Å². The summed E-state index contributed by atoms with van der Waals surface area (Å²) in [7, 11) is 0. The molecule has 5 nitrogen and oxygen atoms in total. The molecule has 116 valence electrons. The molecule has 1 aliphatic heterocycles. The fourth-order valence-electron chi connectivity index (χ4n) is 3.03. The van der Waals surface area contributed by atoms with Gasteiger partial charge in [0.05, 0.1) is 16.3 Å². The zero-order valence-electron chi connectivity index (χ0n) is 12.5. The molecule has 0 spiro atoms. The quantitative estimate of drug-likeness (QED) is 0.773. The third-order valence-electron chi connectivity index (χ3n) is 4.11. The Hall–Kier alpha value is -2.47. The van der Waals surface area contributed by atoms with Gasteiger partial charge in [-0.05, 0) is 42.7 Å². The first-order chi connectivity index (χ1) is 11.3. The van der Waals surface area contributed by atoms with Crippen LogP contribution in [0.3, 0.4) is 0 Å². The summed E-state index contributed by atoms with van der Waals surface area (Å²) in [4.78, 5) is 23.1. The van der Waals surface area contributed by atoms with Gasteiger partial charge in [0.25, 0.3) is 0 Å². The van der Waals surface area contributed by atoms with E-state index in [0.717, 1.165) is 35.2 Å². The van der Waals surface area contributed by atoms with Gasteiger partial charge in [0.15, 0.2) is 5.13 Å². The molecule has 4 rings (SSSR count). The minimum atomic E-state index is -0.0802. The molecule has 3 heterocycles. The zero-order chi connectivity index (χ0) is 15.6. The number of anilines is 1. The van der Waals surface area contributed by atoms with Crippen molar-refractivity contribution in [2.45, 2.75) is 18.9 Å².